The van der Waals surface area contributed by atoms with Crippen molar-refractivity contribution < 1.29 is 0 Å². The van der Waals surface area contributed by atoms with Crippen molar-refractivity contribution in [2.75, 3.05) is 0 Å². The van der Waals surface area contributed by atoms with Crippen LogP contribution in [0.3, 0.4) is 0 Å². The van der Waals surface area contributed by atoms with E-state index in [0.717, 1.165) is 35.5 Å². The zero-order valence-electron chi connectivity index (χ0n) is 11.5. The maximum atomic E-state index is 2.41. The van der Waals surface area contributed by atoms with E-state index in [1.807, 2.05) is 0 Å². The van der Waals surface area contributed by atoms with E-state index < -0.39 is 0 Å². The summed E-state index contributed by atoms with van der Waals surface area (Å²) in [7, 11) is 0. The molecule has 4 aliphatic carbocycles. The first-order valence-corrected chi connectivity index (χ1v) is 8.11. The number of benzene rings is 2. The molecule has 20 heavy (non-hydrogen) atoms. The highest BCUT2D eigenvalue weighted by molar-refractivity contribution is 5.52. The normalized spacial score (nSPS) is 41.6. The van der Waals surface area contributed by atoms with E-state index in [2.05, 4.69) is 48.5 Å². The van der Waals surface area contributed by atoms with Crippen LogP contribution in [0.2, 0.25) is 0 Å². The molecule has 0 N–H and O–H groups in total. The molecule has 2 aromatic carbocycles. The molecule has 2 aromatic rings. The highest BCUT2D eigenvalue weighted by Crippen LogP contribution is 2.74. The van der Waals surface area contributed by atoms with Crippen molar-refractivity contribution in [3.63, 3.8) is 0 Å². The van der Waals surface area contributed by atoms with Gasteiger partial charge in [0.2, 0.25) is 0 Å². The summed E-state index contributed by atoms with van der Waals surface area (Å²) in [6.45, 7) is 0. The first kappa shape index (κ1) is 10.2. The number of hydrogen-bond donors (Lipinski definition) is 0. The Kier molecular flexibility index (Phi) is 1.63. The van der Waals surface area contributed by atoms with Gasteiger partial charge in [-0.1, -0.05) is 48.5 Å². The Balaban J connectivity index is 1.57. The molecule has 0 heteroatoms. The summed E-state index contributed by atoms with van der Waals surface area (Å²) in [4.78, 5) is 0. The fraction of sp³-hybridized carbons (Fsp3) is 0.400. The maximum absolute atomic E-state index is 2.41. The first-order chi connectivity index (χ1) is 9.93. The van der Waals surface area contributed by atoms with Gasteiger partial charge in [0.05, 0.1) is 0 Å². The van der Waals surface area contributed by atoms with Crippen LogP contribution in [-0.4, -0.2) is 0 Å². The van der Waals surface area contributed by atoms with Gasteiger partial charge in [0.15, 0.2) is 0 Å². The average Bonchev–Trinajstić information content (AvgIpc) is 3.23. The van der Waals surface area contributed by atoms with Crippen molar-refractivity contribution in [1.29, 1.82) is 0 Å². The predicted molar refractivity (Wildman–Crippen MR) is 80.1 cm³/mol. The van der Waals surface area contributed by atoms with Crippen LogP contribution in [0.1, 0.15) is 58.8 Å². The lowest BCUT2D eigenvalue weighted by atomic mass is 9.67. The monoisotopic (exact) mass is 258 g/mol. The minimum atomic E-state index is 0.865. The molecule has 0 amide bonds. The summed E-state index contributed by atoms with van der Waals surface area (Å²) in [5.41, 5.74) is 6.79. The van der Waals surface area contributed by atoms with Crippen molar-refractivity contribution in [3.8, 4) is 0 Å². The van der Waals surface area contributed by atoms with Gasteiger partial charge in [-0.15, -0.1) is 0 Å². The van der Waals surface area contributed by atoms with E-state index in [1.54, 1.807) is 22.3 Å². The molecule has 6 rings (SSSR count). The molecule has 98 valence electrons. The van der Waals surface area contributed by atoms with Crippen molar-refractivity contribution in [1.82, 2.24) is 0 Å². The zero-order valence-corrected chi connectivity index (χ0v) is 11.5. The molecule has 0 spiro atoms. The molecule has 4 bridgehead atoms. The molecule has 4 unspecified atom stereocenters. The van der Waals surface area contributed by atoms with Gasteiger partial charge in [0.25, 0.3) is 0 Å². The second kappa shape index (κ2) is 3.19. The van der Waals surface area contributed by atoms with E-state index in [1.165, 1.54) is 12.8 Å². The molecule has 4 aliphatic rings. The Morgan fingerprint density at radius 2 is 0.800 bits per heavy atom. The van der Waals surface area contributed by atoms with Gasteiger partial charge in [-0.05, 0) is 70.6 Å². The summed E-state index contributed by atoms with van der Waals surface area (Å²) in [5.74, 6) is 5.37. The summed E-state index contributed by atoms with van der Waals surface area (Å²) >= 11 is 0. The molecule has 0 heterocycles. The summed E-state index contributed by atoms with van der Waals surface area (Å²) in [5, 5.41) is 0. The highest BCUT2D eigenvalue weighted by atomic mass is 14.7. The second-order valence-electron chi connectivity index (χ2n) is 7.31. The third-order valence-electron chi connectivity index (χ3n) is 6.91. The van der Waals surface area contributed by atoms with Gasteiger partial charge in [0.1, 0.15) is 0 Å². The number of fused-ring (bicyclic) bond motifs is 15. The fourth-order valence-electron chi connectivity index (χ4n) is 6.52. The summed E-state index contributed by atoms with van der Waals surface area (Å²) in [6, 6.07) is 18.6. The standard InChI is InChI=1S/C20H18/c1-2-6-12-11(5-1)15-9-16(12)20-18-10-17(19(15)20)13-7-3-4-8-14(13)18/h1-8,15-20H,9-10H2. The summed E-state index contributed by atoms with van der Waals surface area (Å²) < 4.78 is 0. The van der Waals surface area contributed by atoms with Gasteiger partial charge in [0, 0.05) is 0 Å². The van der Waals surface area contributed by atoms with E-state index in [4.69, 9.17) is 0 Å². The predicted octanol–water partition coefficient (Wildman–Crippen LogP) is 4.79. The van der Waals surface area contributed by atoms with E-state index in [-0.39, 0.29) is 0 Å². The van der Waals surface area contributed by atoms with Crippen molar-refractivity contribution in [2.45, 2.75) is 36.5 Å². The van der Waals surface area contributed by atoms with Crippen LogP contribution in [-0.2, 0) is 0 Å². The molecule has 0 aliphatic heterocycles. The molecule has 4 atom stereocenters. The molecule has 2 fully saturated rings. The molecular formula is C20H18. The van der Waals surface area contributed by atoms with E-state index in [0.29, 0.717) is 0 Å². The molecule has 0 saturated heterocycles. The smallest absolute Gasteiger partial charge is 0.0116 e. The Morgan fingerprint density at radius 1 is 0.500 bits per heavy atom. The van der Waals surface area contributed by atoms with Crippen LogP contribution in [0.4, 0.5) is 0 Å². The largest absolute Gasteiger partial charge is 0.0620 e. The lowest BCUT2D eigenvalue weighted by Gasteiger charge is -2.37. The van der Waals surface area contributed by atoms with Gasteiger partial charge in [-0.25, -0.2) is 0 Å². The molecule has 0 nitrogen and oxygen atoms in total. The fourth-order valence-corrected chi connectivity index (χ4v) is 6.52. The lowest BCUT2D eigenvalue weighted by molar-refractivity contribution is 0.320. The quantitative estimate of drug-likeness (QED) is 0.596. The zero-order chi connectivity index (χ0) is 12.8. The van der Waals surface area contributed by atoms with Crippen LogP contribution < -0.4 is 0 Å². The van der Waals surface area contributed by atoms with E-state index in [9.17, 15) is 0 Å². The van der Waals surface area contributed by atoms with Crippen LogP contribution in [0.15, 0.2) is 48.5 Å². The minimum Gasteiger partial charge on any atom is -0.0620 e. The van der Waals surface area contributed by atoms with Crippen molar-refractivity contribution in [3.05, 3.63) is 70.8 Å². The maximum Gasteiger partial charge on any atom is -0.0116 e. The highest BCUT2D eigenvalue weighted by Gasteiger charge is 2.62. The SMILES string of the molecule is c1ccc2c(c1)C1CC2C2C3CC(c4ccccc43)C12. The average molecular weight is 258 g/mol. The number of rotatable bonds is 0. The Hall–Kier alpha value is -1.56. The van der Waals surface area contributed by atoms with Crippen molar-refractivity contribution in [2.24, 2.45) is 11.8 Å². The van der Waals surface area contributed by atoms with Crippen molar-refractivity contribution >= 4 is 0 Å². The summed E-state index contributed by atoms with van der Waals surface area (Å²) in [6.07, 6.45) is 2.88. The minimum absolute atomic E-state index is 0.865. The van der Waals surface area contributed by atoms with Crippen LogP contribution >= 0.6 is 0 Å². The third kappa shape index (κ3) is 0.944. The van der Waals surface area contributed by atoms with Gasteiger partial charge >= 0.3 is 0 Å². The van der Waals surface area contributed by atoms with Crippen LogP contribution in [0.5, 0.6) is 0 Å². The topological polar surface area (TPSA) is 0 Å². The van der Waals surface area contributed by atoms with E-state index >= 15 is 0 Å². The molecule has 2 saturated carbocycles. The Labute approximate surface area is 119 Å². The van der Waals surface area contributed by atoms with Gasteiger partial charge in [-0.2, -0.15) is 0 Å². The first-order valence-electron chi connectivity index (χ1n) is 8.11. The van der Waals surface area contributed by atoms with Crippen LogP contribution in [0, 0.1) is 11.8 Å². The molecular weight excluding hydrogens is 240 g/mol. The molecule has 0 radical (unpaired) electrons. The Morgan fingerprint density at radius 3 is 1.10 bits per heavy atom. The molecule has 0 aromatic heterocycles. The van der Waals surface area contributed by atoms with Gasteiger partial charge in [-0.3, -0.25) is 0 Å². The van der Waals surface area contributed by atoms with Crippen LogP contribution in [0.25, 0.3) is 0 Å². The number of hydrogen-bond acceptors (Lipinski definition) is 0. The third-order valence-corrected chi connectivity index (χ3v) is 6.91. The van der Waals surface area contributed by atoms with Gasteiger partial charge < -0.3 is 0 Å². The Bertz CT molecular complexity index is 607. The second-order valence-corrected chi connectivity index (χ2v) is 7.31. The lowest BCUT2D eigenvalue weighted by Crippen LogP contribution is -2.26.